The molecular weight excluding hydrogens is 378 g/mol. The zero-order chi connectivity index (χ0) is 20.3. The number of amides is 2. The average molecular weight is 408 g/mol. The molecule has 2 heterocycles. The summed E-state index contributed by atoms with van der Waals surface area (Å²) in [6, 6.07) is 5.60. The summed E-state index contributed by atoms with van der Waals surface area (Å²) < 4.78 is 23.4. The predicted molar refractivity (Wildman–Crippen MR) is 110 cm³/mol. The van der Waals surface area contributed by atoms with Crippen molar-refractivity contribution in [2.75, 3.05) is 35.2 Å². The van der Waals surface area contributed by atoms with Gasteiger partial charge in [0.1, 0.15) is 0 Å². The van der Waals surface area contributed by atoms with Gasteiger partial charge in [0.25, 0.3) is 0 Å². The summed E-state index contributed by atoms with van der Waals surface area (Å²) >= 11 is 0. The number of benzene rings is 1. The van der Waals surface area contributed by atoms with Gasteiger partial charge in [0.15, 0.2) is 9.84 Å². The molecule has 1 aromatic rings. The molecule has 2 amide bonds. The zero-order valence-electron chi connectivity index (χ0n) is 16.5. The number of sulfone groups is 1. The summed E-state index contributed by atoms with van der Waals surface area (Å²) in [6.45, 7) is 5.22. The first-order valence-electron chi connectivity index (χ1n) is 9.93. The van der Waals surface area contributed by atoms with Crippen molar-refractivity contribution in [2.24, 2.45) is 5.92 Å². The highest BCUT2D eigenvalue weighted by Gasteiger charge is 2.35. The lowest BCUT2D eigenvalue weighted by Crippen LogP contribution is -2.44. The van der Waals surface area contributed by atoms with E-state index in [-0.39, 0.29) is 35.3 Å². The second-order valence-electron chi connectivity index (χ2n) is 7.79. The van der Waals surface area contributed by atoms with Gasteiger partial charge in [-0.25, -0.2) is 8.42 Å². The van der Waals surface area contributed by atoms with E-state index in [0.29, 0.717) is 24.2 Å². The van der Waals surface area contributed by atoms with Crippen LogP contribution in [0, 0.1) is 12.8 Å². The second kappa shape index (κ2) is 8.61. The molecular formula is C20H29N3O4S. The van der Waals surface area contributed by atoms with Crippen LogP contribution in [0.4, 0.5) is 11.4 Å². The van der Waals surface area contributed by atoms with Crippen LogP contribution >= 0.6 is 0 Å². The van der Waals surface area contributed by atoms with Crippen LogP contribution in [0.3, 0.4) is 0 Å². The van der Waals surface area contributed by atoms with Gasteiger partial charge in [-0.2, -0.15) is 0 Å². The summed E-state index contributed by atoms with van der Waals surface area (Å²) in [5, 5.41) is 5.81. The molecule has 0 saturated carbocycles. The minimum absolute atomic E-state index is 0.0132. The molecule has 0 bridgehead atoms. The Morgan fingerprint density at radius 2 is 1.86 bits per heavy atom. The van der Waals surface area contributed by atoms with Crippen LogP contribution < -0.4 is 10.6 Å². The standard InChI is InChI=1S/C20H29N3O4S/c1-3-19(24)21-16-5-4-14(2)18(12-16)22-20(25)15-6-9-23(10-7-15)17-8-11-28(26,27)13-17/h4-5,12,15,17H,3,6-11,13H2,1-2H3,(H,21,24)(H,22,25). The lowest BCUT2D eigenvalue weighted by molar-refractivity contribution is -0.121. The predicted octanol–water partition coefficient (Wildman–Crippen LogP) is 2.18. The summed E-state index contributed by atoms with van der Waals surface area (Å²) in [5.41, 5.74) is 2.32. The van der Waals surface area contributed by atoms with Crippen molar-refractivity contribution < 1.29 is 18.0 Å². The third kappa shape index (κ3) is 5.11. The number of hydrogen-bond acceptors (Lipinski definition) is 5. The van der Waals surface area contributed by atoms with E-state index in [2.05, 4.69) is 15.5 Å². The van der Waals surface area contributed by atoms with Gasteiger partial charge >= 0.3 is 0 Å². The summed E-state index contributed by atoms with van der Waals surface area (Å²) in [4.78, 5) is 26.5. The number of rotatable bonds is 5. The Hall–Kier alpha value is -1.93. The molecule has 7 nitrogen and oxygen atoms in total. The molecule has 8 heteroatoms. The summed E-state index contributed by atoms with van der Waals surface area (Å²) in [6.07, 6.45) is 2.56. The SMILES string of the molecule is CCC(=O)Nc1ccc(C)c(NC(=O)C2CCN(C3CCS(=O)(=O)C3)CC2)c1. The van der Waals surface area contributed by atoms with Crippen LogP contribution in [0.1, 0.15) is 38.2 Å². The molecule has 2 aliphatic heterocycles. The van der Waals surface area contributed by atoms with Crippen molar-refractivity contribution in [2.45, 2.75) is 45.6 Å². The van der Waals surface area contributed by atoms with Gasteiger partial charge < -0.3 is 10.6 Å². The average Bonchev–Trinajstić information content (AvgIpc) is 3.04. The number of carbonyl (C=O) groups excluding carboxylic acids is 2. The second-order valence-corrected chi connectivity index (χ2v) is 10.0. The van der Waals surface area contributed by atoms with E-state index in [1.807, 2.05) is 19.1 Å². The zero-order valence-corrected chi connectivity index (χ0v) is 17.3. The number of piperidine rings is 1. The first kappa shape index (κ1) is 20.8. The molecule has 2 saturated heterocycles. The maximum Gasteiger partial charge on any atom is 0.227 e. The van der Waals surface area contributed by atoms with Crippen molar-refractivity contribution in [1.29, 1.82) is 0 Å². The molecule has 0 aromatic heterocycles. The van der Waals surface area contributed by atoms with E-state index in [0.717, 1.165) is 31.5 Å². The van der Waals surface area contributed by atoms with Crippen molar-refractivity contribution in [1.82, 2.24) is 4.90 Å². The maximum atomic E-state index is 12.7. The molecule has 1 aromatic carbocycles. The minimum Gasteiger partial charge on any atom is -0.326 e. The van der Waals surface area contributed by atoms with Crippen LogP contribution in [-0.4, -0.2) is 55.8 Å². The number of likely N-dealkylation sites (tertiary alicyclic amines) is 1. The highest BCUT2D eigenvalue weighted by Crippen LogP contribution is 2.27. The lowest BCUT2D eigenvalue weighted by atomic mass is 9.94. The first-order chi connectivity index (χ1) is 13.3. The van der Waals surface area contributed by atoms with Gasteiger partial charge in [-0.1, -0.05) is 13.0 Å². The van der Waals surface area contributed by atoms with E-state index >= 15 is 0 Å². The van der Waals surface area contributed by atoms with Crippen molar-refractivity contribution in [3.63, 3.8) is 0 Å². The van der Waals surface area contributed by atoms with Gasteiger partial charge in [0.05, 0.1) is 11.5 Å². The molecule has 1 atom stereocenters. The fourth-order valence-corrected chi connectivity index (χ4v) is 5.67. The topological polar surface area (TPSA) is 95.6 Å². The molecule has 2 fully saturated rings. The smallest absolute Gasteiger partial charge is 0.227 e. The molecule has 0 radical (unpaired) electrons. The van der Waals surface area contributed by atoms with E-state index in [1.54, 1.807) is 13.0 Å². The van der Waals surface area contributed by atoms with E-state index in [4.69, 9.17) is 0 Å². The van der Waals surface area contributed by atoms with Crippen LogP contribution in [0.25, 0.3) is 0 Å². The first-order valence-corrected chi connectivity index (χ1v) is 11.8. The highest BCUT2D eigenvalue weighted by molar-refractivity contribution is 7.91. The molecule has 1 unspecified atom stereocenters. The Labute approximate surface area is 166 Å². The fraction of sp³-hybridized carbons (Fsp3) is 0.600. The molecule has 154 valence electrons. The van der Waals surface area contributed by atoms with Crippen LogP contribution in [0.2, 0.25) is 0 Å². The van der Waals surface area contributed by atoms with Gasteiger partial charge in [-0.3, -0.25) is 14.5 Å². The Morgan fingerprint density at radius 3 is 2.46 bits per heavy atom. The Morgan fingerprint density at radius 1 is 1.14 bits per heavy atom. The van der Waals surface area contributed by atoms with Crippen molar-refractivity contribution in [3.8, 4) is 0 Å². The molecule has 0 aliphatic carbocycles. The third-order valence-electron chi connectivity index (χ3n) is 5.73. The quantitative estimate of drug-likeness (QED) is 0.780. The third-order valence-corrected chi connectivity index (χ3v) is 7.48. The lowest BCUT2D eigenvalue weighted by Gasteiger charge is -2.35. The maximum absolute atomic E-state index is 12.7. The van der Waals surface area contributed by atoms with Gasteiger partial charge in [0.2, 0.25) is 11.8 Å². The van der Waals surface area contributed by atoms with E-state index < -0.39 is 9.84 Å². The van der Waals surface area contributed by atoms with Crippen LogP contribution in [0.15, 0.2) is 18.2 Å². The molecule has 2 aliphatic rings. The van der Waals surface area contributed by atoms with Crippen LogP contribution in [-0.2, 0) is 19.4 Å². The molecule has 0 spiro atoms. The Kier molecular flexibility index (Phi) is 6.40. The Bertz CT molecular complexity index is 845. The van der Waals surface area contributed by atoms with Crippen LogP contribution in [0.5, 0.6) is 0 Å². The van der Waals surface area contributed by atoms with Crippen molar-refractivity contribution in [3.05, 3.63) is 23.8 Å². The van der Waals surface area contributed by atoms with Gasteiger partial charge in [-0.15, -0.1) is 0 Å². The normalized spacial score (nSPS) is 22.7. The number of nitrogens with zero attached hydrogens (tertiary/aromatic N) is 1. The van der Waals surface area contributed by atoms with E-state index in [1.165, 1.54) is 0 Å². The minimum atomic E-state index is -2.89. The monoisotopic (exact) mass is 407 g/mol. The highest BCUT2D eigenvalue weighted by atomic mass is 32.2. The molecule has 2 N–H and O–H groups in total. The summed E-state index contributed by atoms with van der Waals surface area (Å²) in [7, 11) is -2.89. The van der Waals surface area contributed by atoms with Crippen molar-refractivity contribution >= 4 is 33.0 Å². The molecule has 3 rings (SSSR count). The Balaban J connectivity index is 1.56. The number of carbonyl (C=O) groups is 2. The van der Waals surface area contributed by atoms with E-state index in [9.17, 15) is 18.0 Å². The molecule has 28 heavy (non-hydrogen) atoms. The summed E-state index contributed by atoms with van der Waals surface area (Å²) in [5.74, 6) is 0.368. The fourth-order valence-electron chi connectivity index (χ4n) is 3.91. The largest absolute Gasteiger partial charge is 0.326 e. The van der Waals surface area contributed by atoms with Gasteiger partial charge in [-0.05, 0) is 57.0 Å². The number of nitrogens with one attached hydrogen (secondary N) is 2. The number of hydrogen-bond donors (Lipinski definition) is 2. The van der Waals surface area contributed by atoms with Gasteiger partial charge in [0, 0.05) is 29.8 Å². The number of aryl methyl sites for hydroxylation is 1. The number of anilines is 2.